The highest BCUT2D eigenvalue weighted by atomic mass is 32.2. The van der Waals surface area contributed by atoms with Gasteiger partial charge in [-0.1, -0.05) is 44.9 Å². The molecule has 4 heteroatoms. The third-order valence-electron chi connectivity index (χ3n) is 4.07. The van der Waals surface area contributed by atoms with Gasteiger partial charge in [0.1, 0.15) is 0 Å². The van der Waals surface area contributed by atoms with Crippen molar-refractivity contribution >= 4 is 10.0 Å². The highest BCUT2D eigenvalue weighted by Gasteiger charge is 2.30. The summed E-state index contributed by atoms with van der Waals surface area (Å²) in [7, 11) is -3.37. The molecule has 2 rings (SSSR count). The summed E-state index contributed by atoms with van der Waals surface area (Å²) in [5, 5.41) is 0. The van der Waals surface area contributed by atoms with E-state index in [0.717, 1.165) is 12.8 Å². The quantitative estimate of drug-likeness (QED) is 0.915. The highest BCUT2D eigenvalue weighted by molar-refractivity contribution is 7.89. The first-order valence-corrected chi connectivity index (χ1v) is 8.06. The summed E-state index contributed by atoms with van der Waals surface area (Å²) in [5.41, 5.74) is 0. The van der Waals surface area contributed by atoms with Crippen LogP contribution >= 0.6 is 0 Å². The summed E-state index contributed by atoms with van der Waals surface area (Å²) in [6, 6.07) is 8.67. The van der Waals surface area contributed by atoms with Gasteiger partial charge in [0, 0.05) is 6.04 Å². The lowest BCUT2D eigenvalue weighted by Crippen LogP contribution is -2.43. The van der Waals surface area contributed by atoms with Crippen LogP contribution in [0.5, 0.6) is 0 Å². The fourth-order valence-electron chi connectivity index (χ4n) is 2.62. The van der Waals surface area contributed by atoms with Gasteiger partial charge in [-0.05, 0) is 30.4 Å². The van der Waals surface area contributed by atoms with Crippen molar-refractivity contribution in [3.05, 3.63) is 30.3 Å². The van der Waals surface area contributed by atoms with E-state index in [1.165, 1.54) is 6.42 Å². The Hall–Kier alpha value is -0.870. The van der Waals surface area contributed by atoms with E-state index >= 15 is 0 Å². The molecule has 3 atom stereocenters. The third kappa shape index (κ3) is 2.93. The summed E-state index contributed by atoms with van der Waals surface area (Å²) in [6.45, 7) is 4.34. The molecule has 0 radical (unpaired) electrons. The van der Waals surface area contributed by atoms with Crippen LogP contribution in [0.2, 0.25) is 0 Å². The Bertz CT molecular complexity index is 484. The largest absolute Gasteiger partial charge is 0.240 e. The highest BCUT2D eigenvalue weighted by Crippen LogP contribution is 2.30. The molecule has 1 saturated carbocycles. The van der Waals surface area contributed by atoms with E-state index in [1.54, 1.807) is 24.3 Å². The Morgan fingerprint density at radius 2 is 1.78 bits per heavy atom. The summed E-state index contributed by atoms with van der Waals surface area (Å²) in [5.74, 6) is 0.986. The van der Waals surface area contributed by atoms with Gasteiger partial charge in [0.05, 0.1) is 4.90 Å². The molecule has 1 fully saturated rings. The lowest BCUT2D eigenvalue weighted by molar-refractivity contribution is 0.227. The molecule has 0 amide bonds. The topological polar surface area (TPSA) is 46.2 Å². The second-order valence-corrected chi connectivity index (χ2v) is 7.02. The molecule has 18 heavy (non-hydrogen) atoms. The summed E-state index contributed by atoms with van der Waals surface area (Å²) in [6.07, 6.45) is 3.25. The predicted molar refractivity (Wildman–Crippen MR) is 72.7 cm³/mol. The molecule has 0 aliphatic heterocycles. The average Bonchev–Trinajstić information content (AvgIpc) is 2.36. The molecule has 0 saturated heterocycles. The van der Waals surface area contributed by atoms with Crippen LogP contribution in [0.3, 0.4) is 0 Å². The van der Waals surface area contributed by atoms with Gasteiger partial charge < -0.3 is 0 Å². The van der Waals surface area contributed by atoms with E-state index < -0.39 is 10.0 Å². The van der Waals surface area contributed by atoms with Crippen LogP contribution in [0.15, 0.2) is 35.2 Å². The molecular weight excluding hydrogens is 246 g/mol. The van der Waals surface area contributed by atoms with Crippen molar-refractivity contribution in [3.63, 3.8) is 0 Å². The Labute approximate surface area is 110 Å². The van der Waals surface area contributed by atoms with Crippen LogP contribution in [0, 0.1) is 11.8 Å². The van der Waals surface area contributed by atoms with Crippen molar-refractivity contribution in [2.24, 2.45) is 11.8 Å². The van der Waals surface area contributed by atoms with Crippen LogP contribution in [0.4, 0.5) is 0 Å². The van der Waals surface area contributed by atoms with E-state index in [4.69, 9.17) is 0 Å². The van der Waals surface area contributed by atoms with E-state index in [-0.39, 0.29) is 6.04 Å². The SMILES string of the molecule is C[C@@H]1[C@H](C)CCC[C@H]1NS(=O)(=O)c1ccccc1. The van der Waals surface area contributed by atoms with Crippen LogP contribution < -0.4 is 4.72 Å². The monoisotopic (exact) mass is 267 g/mol. The minimum atomic E-state index is -3.37. The number of benzene rings is 1. The Morgan fingerprint density at radius 1 is 1.11 bits per heavy atom. The van der Waals surface area contributed by atoms with E-state index in [1.807, 2.05) is 6.07 Å². The number of nitrogens with one attached hydrogen (secondary N) is 1. The molecule has 3 nitrogen and oxygen atoms in total. The summed E-state index contributed by atoms with van der Waals surface area (Å²) < 4.78 is 27.3. The third-order valence-corrected chi connectivity index (χ3v) is 5.57. The van der Waals surface area contributed by atoms with Gasteiger partial charge in [-0.15, -0.1) is 0 Å². The predicted octanol–water partition coefficient (Wildman–Crippen LogP) is 2.79. The molecule has 1 aliphatic rings. The molecule has 1 N–H and O–H groups in total. The first-order valence-electron chi connectivity index (χ1n) is 6.58. The molecule has 0 aromatic heterocycles. The molecule has 0 heterocycles. The summed E-state index contributed by atoms with van der Waals surface area (Å²) in [4.78, 5) is 0.357. The van der Waals surface area contributed by atoms with Gasteiger partial charge in [0.2, 0.25) is 10.0 Å². The fraction of sp³-hybridized carbons (Fsp3) is 0.571. The number of rotatable bonds is 3. The zero-order chi connectivity index (χ0) is 13.2. The van der Waals surface area contributed by atoms with Crippen LogP contribution in [0.1, 0.15) is 33.1 Å². The van der Waals surface area contributed by atoms with Crippen molar-refractivity contribution in [1.29, 1.82) is 0 Å². The van der Waals surface area contributed by atoms with Crippen molar-refractivity contribution in [1.82, 2.24) is 4.72 Å². The van der Waals surface area contributed by atoms with E-state index in [0.29, 0.717) is 16.7 Å². The summed E-state index contributed by atoms with van der Waals surface area (Å²) >= 11 is 0. The van der Waals surface area contributed by atoms with E-state index in [2.05, 4.69) is 18.6 Å². The maximum absolute atomic E-state index is 12.2. The number of hydrogen-bond donors (Lipinski definition) is 1. The van der Waals surface area contributed by atoms with Gasteiger partial charge >= 0.3 is 0 Å². The van der Waals surface area contributed by atoms with E-state index in [9.17, 15) is 8.42 Å². The molecule has 0 spiro atoms. The van der Waals surface area contributed by atoms with Gasteiger partial charge in [-0.2, -0.15) is 0 Å². The Balaban J connectivity index is 2.13. The Kier molecular flexibility index (Phi) is 4.07. The normalized spacial score (nSPS) is 29.1. The minimum absolute atomic E-state index is 0.0685. The maximum atomic E-state index is 12.2. The molecule has 1 aromatic rings. The second kappa shape index (κ2) is 5.41. The standard InChI is InChI=1S/C14H21NO2S/c1-11-7-6-10-14(12(11)2)15-18(16,17)13-8-4-3-5-9-13/h3-5,8-9,11-12,14-15H,6-7,10H2,1-2H3/t11-,12-,14-/m1/s1. The second-order valence-electron chi connectivity index (χ2n) is 5.31. The zero-order valence-corrected chi connectivity index (χ0v) is 11.8. The number of sulfonamides is 1. The van der Waals surface area contributed by atoms with Crippen molar-refractivity contribution < 1.29 is 8.42 Å². The molecule has 1 aromatic carbocycles. The molecule has 1 aliphatic carbocycles. The maximum Gasteiger partial charge on any atom is 0.240 e. The van der Waals surface area contributed by atoms with Gasteiger partial charge in [0.15, 0.2) is 0 Å². The molecule has 0 unspecified atom stereocenters. The lowest BCUT2D eigenvalue weighted by atomic mass is 9.78. The van der Waals surface area contributed by atoms with Gasteiger partial charge in [-0.3, -0.25) is 0 Å². The smallest absolute Gasteiger partial charge is 0.208 e. The van der Waals surface area contributed by atoms with Crippen molar-refractivity contribution in [3.8, 4) is 0 Å². The van der Waals surface area contributed by atoms with Crippen molar-refractivity contribution in [2.45, 2.75) is 44.0 Å². The molecule has 0 bridgehead atoms. The van der Waals surface area contributed by atoms with Crippen molar-refractivity contribution in [2.75, 3.05) is 0 Å². The zero-order valence-electron chi connectivity index (χ0n) is 11.0. The first kappa shape index (κ1) is 13.6. The fourth-order valence-corrected chi connectivity index (χ4v) is 4.00. The van der Waals surface area contributed by atoms with Gasteiger partial charge in [0.25, 0.3) is 0 Å². The molecule has 100 valence electrons. The van der Waals surface area contributed by atoms with Crippen LogP contribution in [-0.2, 0) is 10.0 Å². The van der Waals surface area contributed by atoms with Crippen LogP contribution in [0.25, 0.3) is 0 Å². The first-order chi connectivity index (χ1) is 8.50. The van der Waals surface area contributed by atoms with Gasteiger partial charge in [-0.25, -0.2) is 13.1 Å². The minimum Gasteiger partial charge on any atom is -0.208 e. The van der Waals surface area contributed by atoms with Crippen LogP contribution in [-0.4, -0.2) is 14.5 Å². The molecular formula is C14H21NO2S. The average molecular weight is 267 g/mol. The lowest BCUT2D eigenvalue weighted by Gasteiger charge is -2.34. The Morgan fingerprint density at radius 3 is 2.44 bits per heavy atom. The number of hydrogen-bond acceptors (Lipinski definition) is 2.